The van der Waals surface area contributed by atoms with Gasteiger partial charge in [-0.05, 0) is 94.7 Å². The number of hydrogen-bond acceptors (Lipinski definition) is 1. The van der Waals surface area contributed by atoms with E-state index in [1.807, 2.05) is 11.3 Å². The Kier molecular flexibility index (Phi) is 5.85. The molecule has 0 nitrogen and oxygen atoms in total. The number of benzene rings is 9. The lowest BCUT2D eigenvalue weighted by Crippen LogP contribution is -1.92. The minimum Gasteiger partial charge on any atom is -0.135 e. The summed E-state index contributed by atoms with van der Waals surface area (Å²) in [4.78, 5) is 0. The molecular weight excluding hydrogens is 585 g/mol. The van der Waals surface area contributed by atoms with E-state index in [9.17, 15) is 0 Å². The summed E-state index contributed by atoms with van der Waals surface area (Å²) in [5.41, 5.74) is 7.64. The van der Waals surface area contributed by atoms with Crippen molar-refractivity contribution in [2.24, 2.45) is 0 Å². The van der Waals surface area contributed by atoms with Gasteiger partial charge in [-0.2, -0.15) is 0 Å². The second kappa shape index (κ2) is 10.4. The van der Waals surface area contributed by atoms with Crippen molar-refractivity contribution in [1.82, 2.24) is 0 Å². The van der Waals surface area contributed by atoms with Crippen molar-refractivity contribution < 1.29 is 0 Å². The summed E-state index contributed by atoms with van der Waals surface area (Å²) < 4.78 is 2.68. The first-order valence-corrected chi connectivity index (χ1v) is 17.0. The Balaban J connectivity index is 1.23. The molecule has 0 amide bonds. The number of thiophene rings is 1. The van der Waals surface area contributed by atoms with Crippen LogP contribution in [0.25, 0.3) is 96.6 Å². The predicted molar refractivity (Wildman–Crippen MR) is 206 cm³/mol. The van der Waals surface area contributed by atoms with Crippen LogP contribution in [0.1, 0.15) is 0 Å². The average molecular weight is 613 g/mol. The molecule has 0 fully saturated rings. The molecule has 10 rings (SSSR count). The van der Waals surface area contributed by atoms with Gasteiger partial charge in [0.1, 0.15) is 0 Å². The molecule has 0 aliphatic rings. The van der Waals surface area contributed by atoms with Crippen LogP contribution in [0.5, 0.6) is 0 Å². The van der Waals surface area contributed by atoms with Crippen LogP contribution in [0.2, 0.25) is 0 Å². The van der Waals surface area contributed by atoms with Crippen molar-refractivity contribution in [3.63, 3.8) is 0 Å². The van der Waals surface area contributed by atoms with Gasteiger partial charge in [0.2, 0.25) is 0 Å². The van der Waals surface area contributed by atoms with Crippen LogP contribution in [0.15, 0.2) is 170 Å². The molecule has 10 aromatic rings. The fourth-order valence-electron chi connectivity index (χ4n) is 7.73. The molecule has 0 spiro atoms. The number of fused-ring (bicyclic) bond motifs is 7. The smallest absolute Gasteiger partial charge is 0.0433 e. The molecule has 0 radical (unpaired) electrons. The van der Waals surface area contributed by atoms with Crippen LogP contribution in [-0.2, 0) is 0 Å². The normalized spacial score (nSPS) is 11.8. The number of rotatable bonds is 3. The largest absolute Gasteiger partial charge is 0.135 e. The zero-order valence-electron chi connectivity index (χ0n) is 25.6. The van der Waals surface area contributed by atoms with Gasteiger partial charge in [0.05, 0.1) is 0 Å². The Morgan fingerprint density at radius 2 is 0.809 bits per heavy atom. The predicted octanol–water partition coefficient (Wildman–Crippen LogP) is 13.7. The van der Waals surface area contributed by atoms with Crippen LogP contribution in [-0.4, -0.2) is 0 Å². The summed E-state index contributed by atoms with van der Waals surface area (Å²) in [6, 6.07) is 62.7. The first kappa shape index (κ1) is 26.5. The van der Waals surface area contributed by atoms with Crippen molar-refractivity contribution in [2.75, 3.05) is 0 Å². The van der Waals surface area contributed by atoms with E-state index in [0.717, 1.165) is 0 Å². The second-order valence-electron chi connectivity index (χ2n) is 12.4. The average Bonchev–Trinajstić information content (AvgIpc) is 3.50. The van der Waals surface area contributed by atoms with Crippen LogP contribution >= 0.6 is 11.3 Å². The van der Waals surface area contributed by atoms with Crippen molar-refractivity contribution in [3.05, 3.63) is 170 Å². The molecule has 0 N–H and O–H groups in total. The third-order valence-electron chi connectivity index (χ3n) is 9.82. The monoisotopic (exact) mass is 612 g/mol. The molecule has 0 atom stereocenters. The lowest BCUT2D eigenvalue weighted by Gasteiger charge is -2.19. The Morgan fingerprint density at radius 3 is 1.55 bits per heavy atom. The molecule has 1 heteroatoms. The summed E-state index contributed by atoms with van der Waals surface area (Å²) in [6.07, 6.45) is 0. The summed E-state index contributed by atoms with van der Waals surface area (Å²) in [6.45, 7) is 0. The summed E-state index contributed by atoms with van der Waals surface area (Å²) in [5, 5.41) is 12.9. The van der Waals surface area contributed by atoms with E-state index >= 15 is 0 Å². The molecule has 1 heterocycles. The minimum absolute atomic E-state index is 1.24. The van der Waals surface area contributed by atoms with Crippen molar-refractivity contribution >= 4 is 74.6 Å². The highest BCUT2D eigenvalue weighted by atomic mass is 32.1. The third kappa shape index (κ3) is 4.07. The molecule has 0 unspecified atom stereocenters. The molecule has 47 heavy (non-hydrogen) atoms. The van der Waals surface area contributed by atoms with Crippen LogP contribution in [0.3, 0.4) is 0 Å². The van der Waals surface area contributed by atoms with Crippen molar-refractivity contribution in [3.8, 4) is 33.4 Å². The van der Waals surface area contributed by atoms with Gasteiger partial charge >= 0.3 is 0 Å². The van der Waals surface area contributed by atoms with Gasteiger partial charge in [-0.15, -0.1) is 11.3 Å². The van der Waals surface area contributed by atoms with Gasteiger partial charge in [0, 0.05) is 20.2 Å². The highest BCUT2D eigenvalue weighted by molar-refractivity contribution is 7.26. The minimum atomic E-state index is 1.24. The Morgan fingerprint density at radius 1 is 0.298 bits per heavy atom. The van der Waals surface area contributed by atoms with Gasteiger partial charge in [0.15, 0.2) is 0 Å². The van der Waals surface area contributed by atoms with Crippen LogP contribution in [0.4, 0.5) is 0 Å². The van der Waals surface area contributed by atoms with E-state index in [0.29, 0.717) is 0 Å². The molecule has 0 aliphatic heterocycles. The van der Waals surface area contributed by atoms with E-state index < -0.39 is 0 Å². The molecule has 0 aliphatic carbocycles. The Hall–Kier alpha value is -5.76. The topological polar surface area (TPSA) is 0 Å². The lowest BCUT2D eigenvalue weighted by atomic mass is 9.84. The van der Waals surface area contributed by atoms with Crippen molar-refractivity contribution in [2.45, 2.75) is 0 Å². The Labute approximate surface area is 276 Å². The zero-order chi connectivity index (χ0) is 30.9. The third-order valence-corrected chi connectivity index (χ3v) is 11.0. The van der Waals surface area contributed by atoms with E-state index in [1.54, 1.807) is 0 Å². The first-order valence-electron chi connectivity index (χ1n) is 16.2. The van der Waals surface area contributed by atoms with E-state index in [2.05, 4.69) is 170 Å². The maximum absolute atomic E-state index is 2.40. The van der Waals surface area contributed by atoms with Gasteiger partial charge in [0.25, 0.3) is 0 Å². The van der Waals surface area contributed by atoms with Gasteiger partial charge in [-0.1, -0.05) is 152 Å². The number of hydrogen-bond donors (Lipinski definition) is 0. The van der Waals surface area contributed by atoms with E-state index in [1.165, 1.54) is 96.6 Å². The van der Waals surface area contributed by atoms with E-state index in [-0.39, 0.29) is 0 Å². The molecule has 1 aromatic heterocycles. The highest BCUT2D eigenvalue weighted by Gasteiger charge is 2.19. The van der Waals surface area contributed by atoms with Crippen LogP contribution in [0, 0.1) is 0 Å². The lowest BCUT2D eigenvalue weighted by molar-refractivity contribution is 1.64. The van der Waals surface area contributed by atoms with E-state index in [4.69, 9.17) is 0 Å². The van der Waals surface area contributed by atoms with Gasteiger partial charge in [-0.25, -0.2) is 0 Å². The first-order chi connectivity index (χ1) is 23.3. The zero-order valence-corrected chi connectivity index (χ0v) is 26.4. The maximum Gasteiger partial charge on any atom is 0.0433 e. The fourth-order valence-corrected chi connectivity index (χ4v) is 8.99. The maximum atomic E-state index is 2.40. The SMILES string of the molecule is c1cc(-c2c3ccccc3c(-c3cccc4ccccc34)c3ccccc23)cc(-c2cccc3c2sc2cc4ccccc4cc23)c1. The summed E-state index contributed by atoms with van der Waals surface area (Å²) in [7, 11) is 0. The molecule has 218 valence electrons. The van der Waals surface area contributed by atoms with Crippen LogP contribution < -0.4 is 0 Å². The molecular formula is C46H28S. The summed E-state index contributed by atoms with van der Waals surface area (Å²) >= 11 is 1.91. The quantitative estimate of drug-likeness (QED) is 0.174. The fraction of sp³-hybridized carbons (Fsp3) is 0. The highest BCUT2D eigenvalue weighted by Crippen LogP contribution is 2.47. The molecule has 0 saturated heterocycles. The van der Waals surface area contributed by atoms with Gasteiger partial charge in [-0.3, -0.25) is 0 Å². The van der Waals surface area contributed by atoms with Gasteiger partial charge < -0.3 is 0 Å². The molecule has 9 aromatic carbocycles. The molecule has 0 bridgehead atoms. The molecule has 0 saturated carbocycles. The second-order valence-corrected chi connectivity index (χ2v) is 13.5. The Bertz CT molecular complexity index is 2790. The van der Waals surface area contributed by atoms with Crippen molar-refractivity contribution in [1.29, 1.82) is 0 Å². The summed E-state index contributed by atoms with van der Waals surface area (Å²) in [5.74, 6) is 0. The standard InChI is InChI=1S/C46H28S/c1-2-14-31-28-43-42(27-30(31)13-1)41-25-11-23-35(46(41)47-43)32-16-9-17-33(26-32)44-37-19-5-7-21-39(37)45(40-22-8-6-20-38(40)44)36-24-10-15-29-12-3-4-18-34(29)36/h1-28H.